The molecule has 31 heavy (non-hydrogen) atoms. The summed E-state index contributed by atoms with van der Waals surface area (Å²) in [6, 6.07) is 6.12. The maximum absolute atomic E-state index is 14.1. The fraction of sp³-hybridized carbons (Fsp3) is 0.273. The van der Waals surface area contributed by atoms with E-state index in [9.17, 15) is 4.39 Å². The van der Waals surface area contributed by atoms with Crippen LogP contribution in [0.1, 0.15) is 36.6 Å². The number of aromatic nitrogens is 3. The molecular formula is C22H24FN7O. The van der Waals surface area contributed by atoms with Crippen LogP contribution in [0.3, 0.4) is 0 Å². The lowest BCUT2D eigenvalue weighted by atomic mass is 9.93. The zero-order valence-corrected chi connectivity index (χ0v) is 17.6. The van der Waals surface area contributed by atoms with E-state index in [1.807, 2.05) is 17.7 Å². The smallest absolute Gasteiger partial charge is 0.166 e. The minimum absolute atomic E-state index is 0.185. The van der Waals surface area contributed by atoms with Crippen molar-refractivity contribution < 1.29 is 9.13 Å². The van der Waals surface area contributed by atoms with Crippen LogP contribution in [-0.2, 0) is 13.0 Å². The first-order valence-electron chi connectivity index (χ1n) is 10.0. The molecule has 8 nitrogen and oxygen atoms in total. The van der Waals surface area contributed by atoms with Gasteiger partial charge in [-0.1, -0.05) is 0 Å². The molecule has 0 aliphatic carbocycles. The standard InChI is InChI=1S/C22H24FN7O/c1-4-30-21-13(11-28-30)7-18(29-26-3)20(24)16-6-5-15(23)9-17(16)12(2)31-19-8-14(21)10-27-22(19)25/h5-6,8-12,24,26H,4,7H2,1-3H3,(H2,25,27)/b24-20?,29-18-/t12-/m1/s1. The molecule has 0 unspecified atom stereocenters. The van der Waals surface area contributed by atoms with Gasteiger partial charge in [-0.2, -0.15) is 10.2 Å². The number of hydrogen-bond acceptors (Lipinski definition) is 7. The fourth-order valence-electron chi connectivity index (χ4n) is 3.81. The minimum atomic E-state index is -0.573. The largest absolute Gasteiger partial charge is 0.482 e. The molecule has 0 fully saturated rings. The van der Waals surface area contributed by atoms with Crippen molar-refractivity contribution in [3.8, 4) is 17.0 Å². The Labute approximate surface area is 179 Å². The molecule has 2 aromatic heterocycles. The topological polar surface area (TPSA) is 114 Å². The first-order valence-corrected chi connectivity index (χ1v) is 10.0. The molecule has 4 rings (SSSR count). The molecule has 1 aromatic carbocycles. The van der Waals surface area contributed by atoms with Gasteiger partial charge in [0.1, 0.15) is 11.9 Å². The Morgan fingerprint density at radius 2 is 2.16 bits per heavy atom. The van der Waals surface area contributed by atoms with Gasteiger partial charge in [0.05, 0.1) is 23.3 Å². The summed E-state index contributed by atoms with van der Waals surface area (Å²) in [5, 5.41) is 17.7. The minimum Gasteiger partial charge on any atom is -0.482 e. The van der Waals surface area contributed by atoms with Gasteiger partial charge in [-0.05, 0) is 38.1 Å². The van der Waals surface area contributed by atoms with E-state index in [0.717, 1.165) is 16.8 Å². The number of rotatable bonds is 2. The second-order valence-electron chi connectivity index (χ2n) is 7.27. The van der Waals surface area contributed by atoms with Crippen molar-refractivity contribution in [1.82, 2.24) is 20.2 Å². The summed E-state index contributed by atoms with van der Waals surface area (Å²) in [5.41, 5.74) is 13.2. The van der Waals surface area contributed by atoms with E-state index in [1.165, 1.54) is 12.1 Å². The van der Waals surface area contributed by atoms with Gasteiger partial charge >= 0.3 is 0 Å². The number of nitrogens with one attached hydrogen (secondary N) is 2. The van der Waals surface area contributed by atoms with Crippen LogP contribution in [0.5, 0.6) is 5.75 Å². The molecule has 1 aliphatic heterocycles. The molecule has 9 heteroatoms. The third-order valence-corrected chi connectivity index (χ3v) is 5.29. The average Bonchev–Trinajstić information content (AvgIpc) is 3.16. The summed E-state index contributed by atoms with van der Waals surface area (Å²) in [4.78, 5) is 4.31. The number of nitrogens with zero attached hydrogens (tertiary/aromatic N) is 4. The number of benzene rings is 1. The number of pyridine rings is 1. The molecule has 4 N–H and O–H groups in total. The van der Waals surface area contributed by atoms with Crippen LogP contribution in [0.4, 0.5) is 10.2 Å². The van der Waals surface area contributed by atoms with Crippen molar-refractivity contribution in [3.63, 3.8) is 0 Å². The Kier molecular flexibility index (Phi) is 5.41. The van der Waals surface area contributed by atoms with Gasteiger partial charge in [-0.15, -0.1) is 0 Å². The molecule has 160 valence electrons. The Balaban J connectivity index is 1.99. The first-order chi connectivity index (χ1) is 14.9. The number of ether oxygens (including phenoxy) is 1. The van der Waals surface area contributed by atoms with E-state index in [4.69, 9.17) is 15.9 Å². The Hall–Kier alpha value is -3.75. The number of nitrogens with two attached hydrogens (primary N) is 1. The van der Waals surface area contributed by atoms with Crippen molar-refractivity contribution in [2.75, 3.05) is 12.8 Å². The van der Waals surface area contributed by atoms with Gasteiger partial charge in [0, 0.05) is 48.5 Å². The highest BCUT2D eigenvalue weighted by atomic mass is 19.1. The second-order valence-corrected chi connectivity index (χ2v) is 7.27. The van der Waals surface area contributed by atoms with Crippen molar-refractivity contribution in [2.45, 2.75) is 32.9 Å². The van der Waals surface area contributed by atoms with Crippen molar-refractivity contribution >= 4 is 17.2 Å². The number of halogens is 1. The van der Waals surface area contributed by atoms with E-state index in [1.54, 1.807) is 32.4 Å². The van der Waals surface area contributed by atoms with Gasteiger partial charge in [0.2, 0.25) is 0 Å². The molecule has 0 saturated carbocycles. The summed E-state index contributed by atoms with van der Waals surface area (Å²) < 4.78 is 22.1. The molecule has 0 amide bonds. The van der Waals surface area contributed by atoms with Crippen LogP contribution >= 0.6 is 0 Å². The van der Waals surface area contributed by atoms with Gasteiger partial charge in [0.15, 0.2) is 11.6 Å². The predicted octanol–water partition coefficient (Wildman–Crippen LogP) is 3.33. The summed E-state index contributed by atoms with van der Waals surface area (Å²) in [5.74, 6) is 0.223. The number of nitrogen functional groups attached to an aromatic ring is 1. The van der Waals surface area contributed by atoms with E-state index >= 15 is 0 Å². The number of anilines is 1. The highest BCUT2D eigenvalue weighted by molar-refractivity contribution is 6.47. The highest BCUT2D eigenvalue weighted by Gasteiger charge is 2.24. The first kappa shape index (κ1) is 20.5. The van der Waals surface area contributed by atoms with Crippen LogP contribution in [0.2, 0.25) is 0 Å². The van der Waals surface area contributed by atoms with E-state index < -0.39 is 11.9 Å². The Morgan fingerprint density at radius 3 is 2.90 bits per heavy atom. The lowest BCUT2D eigenvalue weighted by molar-refractivity contribution is 0.227. The molecule has 2 bridgehead atoms. The molecule has 1 aliphatic rings. The summed E-state index contributed by atoms with van der Waals surface area (Å²) in [7, 11) is 1.68. The van der Waals surface area contributed by atoms with Gasteiger partial charge < -0.3 is 15.9 Å². The monoisotopic (exact) mass is 421 g/mol. The molecule has 0 spiro atoms. The quantitative estimate of drug-likeness (QED) is 0.549. The Bertz CT molecular complexity index is 1180. The molecule has 0 saturated heterocycles. The number of aryl methyl sites for hydroxylation is 1. The molecule has 3 aromatic rings. The molecule has 3 heterocycles. The zero-order valence-electron chi connectivity index (χ0n) is 17.6. The SMILES string of the molecule is CCn1ncc2c1-c1cnc(N)c(c1)O[C@H](C)c1cc(F)ccc1C(=N)/C(=N\NC)C2. The summed E-state index contributed by atoms with van der Waals surface area (Å²) in [6.07, 6.45) is 3.24. The highest BCUT2D eigenvalue weighted by Crippen LogP contribution is 2.34. The lowest BCUT2D eigenvalue weighted by Crippen LogP contribution is -2.23. The average molecular weight is 421 g/mol. The zero-order chi connectivity index (χ0) is 22.1. The number of hydrazone groups is 1. The van der Waals surface area contributed by atoms with Crippen molar-refractivity contribution in [2.24, 2.45) is 5.10 Å². The van der Waals surface area contributed by atoms with E-state index in [2.05, 4.69) is 20.6 Å². The van der Waals surface area contributed by atoms with Gasteiger partial charge in [0.25, 0.3) is 0 Å². The van der Waals surface area contributed by atoms with Crippen LogP contribution in [-0.4, -0.2) is 33.2 Å². The number of fused-ring (bicyclic) bond motifs is 5. The van der Waals surface area contributed by atoms with Gasteiger partial charge in [-0.25, -0.2) is 9.37 Å². The Morgan fingerprint density at radius 1 is 1.35 bits per heavy atom. The van der Waals surface area contributed by atoms with Crippen LogP contribution < -0.4 is 15.9 Å². The maximum atomic E-state index is 14.1. The van der Waals surface area contributed by atoms with Crippen LogP contribution in [0, 0.1) is 11.2 Å². The number of hydrogen-bond donors (Lipinski definition) is 3. The third-order valence-electron chi connectivity index (χ3n) is 5.29. The molecule has 1 atom stereocenters. The lowest BCUT2D eigenvalue weighted by Gasteiger charge is -2.22. The third kappa shape index (κ3) is 3.74. The summed E-state index contributed by atoms with van der Waals surface area (Å²) in [6.45, 7) is 4.45. The fourth-order valence-corrected chi connectivity index (χ4v) is 3.81. The predicted molar refractivity (Wildman–Crippen MR) is 118 cm³/mol. The molecule has 0 radical (unpaired) electrons. The molecular weight excluding hydrogens is 397 g/mol. The van der Waals surface area contributed by atoms with Gasteiger partial charge in [-0.3, -0.25) is 10.1 Å². The van der Waals surface area contributed by atoms with Crippen molar-refractivity contribution in [1.29, 1.82) is 5.41 Å². The van der Waals surface area contributed by atoms with Crippen LogP contribution in [0.25, 0.3) is 11.3 Å². The van der Waals surface area contributed by atoms with Crippen LogP contribution in [0.15, 0.2) is 41.8 Å². The van der Waals surface area contributed by atoms with Crippen molar-refractivity contribution in [3.05, 3.63) is 59.2 Å². The second kappa shape index (κ2) is 8.17. The van der Waals surface area contributed by atoms with E-state index in [0.29, 0.717) is 35.6 Å². The normalized spacial score (nSPS) is 17.2. The maximum Gasteiger partial charge on any atom is 0.166 e. The van der Waals surface area contributed by atoms with E-state index in [-0.39, 0.29) is 11.5 Å². The summed E-state index contributed by atoms with van der Waals surface area (Å²) >= 11 is 0.